The van der Waals surface area contributed by atoms with Crippen molar-refractivity contribution in [2.75, 3.05) is 0 Å². The molecule has 0 aliphatic heterocycles. The van der Waals surface area contributed by atoms with Gasteiger partial charge in [-0.25, -0.2) is 0 Å². The molecule has 1 amide bonds. The Morgan fingerprint density at radius 2 is 1.57 bits per heavy atom. The third-order valence-electron chi connectivity index (χ3n) is 7.50. The monoisotopic (exact) mass is 318 g/mol. The Balaban J connectivity index is 1.32. The molecule has 0 heterocycles. The molecule has 0 radical (unpaired) electrons. The first-order valence-electron chi connectivity index (χ1n) is 10.2. The third kappa shape index (κ3) is 3.18. The van der Waals surface area contributed by atoms with Gasteiger partial charge in [0.2, 0.25) is 5.91 Å². The molecule has 0 aromatic carbocycles. The predicted octanol–water partition coefficient (Wildman–Crippen LogP) is 3.48. The lowest BCUT2D eigenvalue weighted by Crippen LogP contribution is -2.59. The molecule has 2 N–H and O–H groups in total. The second kappa shape index (κ2) is 6.38. The van der Waals surface area contributed by atoms with E-state index in [9.17, 15) is 4.79 Å². The Kier molecular flexibility index (Phi) is 4.42. The number of nitrogens with one attached hydrogen (secondary N) is 2. The van der Waals surface area contributed by atoms with Crippen LogP contribution in [0.5, 0.6) is 0 Å². The van der Waals surface area contributed by atoms with E-state index >= 15 is 0 Å². The van der Waals surface area contributed by atoms with Gasteiger partial charge >= 0.3 is 0 Å². The topological polar surface area (TPSA) is 41.1 Å². The minimum atomic E-state index is -0.0355. The van der Waals surface area contributed by atoms with Crippen LogP contribution in [0.3, 0.4) is 0 Å². The van der Waals surface area contributed by atoms with E-state index in [-0.39, 0.29) is 11.9 Å². The molecule has 130 valence electrons. The molecule has 3 nitrogen and oxygen atoms in total. The summed E-state index contributed by atoms with van der Waals surface area (Å²) in [6, 6.07) is 0.970. The van der Waals surface area contributed by atoms with Crippen molar-refractivity contribution < 1.29 is 4.79 Å². The summed E-state index contributed by atoms with van der Waals surface area (Å²) in [5.41, 5.74) is 0. The van der Waals surface area contributed by atoms with E-state index in [0.717, 1.165) is 30.1 Å². The fourth-order valence-corrected chi connectivity index (χ4v) is 6.40. The number of carbonyl (C=O) groups is 1. The maximum absolute atomic E-state index is 12.6. The molecular formula is C20H34N2O. The van der Waals surface area contributed by atoms with Crippen LogP contribution in [0.2, 0.25) is 0 Å². The van der Waals surface area contributed by atoms with Gasteiger partial charge in [0.25, 0.3) is 0 Å². The summed E-state index contributed by atoms with van der Waals surface area (Å²) in [5, 5.41) is 7.09. The molecule has 3 heteroatoms. The molecule has 5 rings (SSSR count). The van der Waals surface area contributed by atoms with Crippen LogP contribution < -0.4 is 10.6 Å². The highest BCUT2D eigenvalue weighted by Gasteiger charge is 2.48. The van der Waals surface area contributed by atoms with Crippen LogP contribution >= 0.6 is 0 Å². The fourth-order valence-electron chi connectivity index (χ4n) is 6.40. The van der Waals surface area contributed by atoms with Crippen LogP contribution in [0, 0.1) is 29.6 Å². The first kappa shape index (κ1) is 15.9. The van der Waals surface area contributed by atoms with Crippen LogP contribution in [0.15, 0.2) is 0 Å². The molecule has 0 saturated heterocycles. The zero-order chi connectivity index (χ0) is 16.0. The average molecular weight is 319 g/mol. The van der Waals surface area contributed by atoms with Gasteiger partial charge in [0.05, 0.1) is 6.04 Å². The Morgan fingerprint density at radius 1 is 0.957 bits per heavy atom. The van der Waals surface area contributed by atoms with Crippen LogP contribution in [0.1, 0.15) is 71.6 Å². The second-order valence-corrected chi connectivity index (χ2v) is 9.22. The van der Waals surface area contributed by atoms with Gasteiger partial charge < -0.3 is 10.6 Å². The molecule has 5 aliphatic rings. The van der Waals surface area contributed by atoms with Crippen molar-refractivity contribution in [3.05, 3.63) is 0 Å². The van der Waals surface area contributed by atoms with E-state index in [1.807, 2.05) is 0 Å². The molecule has 0 unspecified atom stereocenters. The van der Waals surface area contributed by atoms with Gasteiger partial charge in [0, 0.05) is 12.1 Å². The zero-order valence-electron chi connectivity index (χ0n) is 14.9. The van der Waals surface area contributed by atoms with Crippen molar-refractivity contribution in [2.45, 2.75) is 89.8 Å². The van der Waals surface area contributed by atoms with Crippen molar-refractivity contribution in [2.24, 2.45) is 29.6 Å². The fraction of sp³-hybridized carbons (Fsp3) is 0.950. The van der Waals surface area contributed by atoms with Crippen LogP contribution in [-0.2, 0) is 4.79 Å². The zero-order valence-corrected chi connectivity index (χ0v) is 14.9. The molecule has 5 aliphatic carbocycles. The smallest absolute Gasteiger partial charge is 0.237 e. The Morgan fingerprint density at radius 3 is 2.17 bits per heavy atom. The summed E-state index contributed by atoms with van der Waals surface area (Å²) >= 11 is 0. The van der Waals surface area contributed by atoms with E-state index < -0.39 is 0 Å². The Bertz CT molecular complexity index is 421. The summed E-state index contributed by atoms with van der Waals surface area (Å²) in [7, 11) is 0. The third-order valence-corrected chi connectivity index (χ3v) is 7.50. The Labute approximate surface area is 141 Å². The first-order chi connectivity index (χ1) is 11.1. The van der Waals surface area contributed by atoms with E-state index in [4.69, 9.17) is 0 Å². The lowest BCUT2D eigenvalue weighted by molar-refractivity contribution is -0.125. The highest BCUT2D eigenvalue weighted by molar-refractivity contribution is 5.81. The minimum Gasteiger partial charge on any atom is -0.352 e. The molecule has 0 aromatic rings. The summed E-state index contributed by atoms with van der Waals surface area (Å²) < 4.78 is 0. The lowest BCUT2D eigenvalue weighted by atomic mass is 9.54. The number of amides is 1. The lowest BCUT2D eigenvalue weighted by Gasteiger charge is -2.55. The summed E-state index contributed by atoms with van der Waals surface area (Å²) in [4.78, 5) is 12.6. The van der Waals surface area contributed by atoms with Crippen molar-refractivity contribution >= 4 is 5.91 Å². The standard InChI is InChI=1S/C20H34N2O/c1-12-5-3-4-6-18(12)22-20(23)13(2)21-19-16-8-14-7-15(10-16)11-17(19)9-14/h12-19,21H,3-11H2,1-2H3,(H,22,23)/t12-,13-,14?,15?,16?,17?,18+,19?/m1/s1. The Hall–Kier alpha value is -0.570. The van der Waals surface area contributed by atoms with E-state index in [1.165, 1.54) is 51.4 Å². The van der Waals surface area contributed by atoms with E-state index in [2.05, 4.69) is 24.5 Å². The molecule has 23 heavy (non-hydrogen) atoms. The van der Waals surface area contributed by atoms with Crippen molar-refractivity contribution in [3.63, 3.8) is 0 Å². The molecule has 0 aromatic heterocycles. The van der Waals surface area contributed by atoms with Gasteiger partial charge in [-0.15, -0.1) is 0 Å². The number of hydrogen-bond acceptors (Lipinski definition) is 2. The average Bonchev–Trinajstić information content (AvgIpc) is 2.52. The molecule has 0 spiro atoms. The quantitative estimate of drug-likeness (QED) is 0.833. The SMILES string of the molecule is C[C@@H]1CCCC[C@@H]1NC(=O)[C@@H](C)NC1C2CC3CC(C2)CC1C3. The number of rotatable bonds is 4. The van der Waals surface area contributed by atoms with Gasteiger partial charge in [0.1, 0.15) is 0 Å². The maximum atomic E-state index is 12.6. The molecular weight excluding hydrogens is 284 g/mol. The minimum absolute atomic E-state index is 0.0355. The summed E-state index contributed by atoms with van der Waals surface area (Å²) in [6.07, 6.45) is 12.2. The van der Waals surface area contributed by atoms with Gasteiger partial charge in [-0.05, 0) is 81.5 Å². The van der Waals surface area contributed by atoms with Crippen LogP contribution in [0.25, 0.3) is 0 Å². The van der Waals surface area contributed by atoms with Crippen LogP contribution in [-0.4, -0.2) is 24.0 Å². The van der Waals surface area contributed by atoms with Crippen molar-refractivity contribution in [1.82, 2.24) is 10.6 Å². The van der Waals surface area contributed by atoms with Gasteiger partial charge in [-0.2, -0.15) is 0 Å². The molecule has 5 fully saturated rings. The summed E-state index contributed by atoms with van der Waals surface area (Å²) in [5.74, 6) is 4.56. The van der Waals surface area contributed by atoms with Gasteiger partial charge in [-0.3, -0.25) is 4.79 Å². The van der Waals surface area contributed by atoms with Gasteiger partial charge in [0.15, 0.2) is 0 Å². The highest BCUT2D eigenvalue weighted by Crippen LogP contribution is 2.53. The number of carbonyl (C=O) groups excluding carboxylic acids is 1. The summed E-state index contributed by atoms with van der Waals surface area (Å²) in [6.45, 7) is 4.37. The largest absolute Gasteiger partial charge is 0.352 e. The highest BCUT2D eigenvalue weighted by atomic mass is 16.2. The predicted molar refractivity (Wildman–Crippen MR) is 93.0 cm³/mol. The molecule has 3 atom stereocenters. The van der Waals surface area contributed by atoms with Crippen molar-refractivity contribution in [3.8, 4) is 0 Å². The second-order valence-electron chi connectivity index (χ2n) is 9.22. The normalized spacial score (nSPS) is 46.6. The molecule has 4 bridgehead atoms. The number of hydrogen-bond donors (Lipinski definition) is 2. The van der Waals surface area contributed by atoms with Crippen molar-refractivity contribution in [1.29, 1.82) is 0 Å². The van der Waals surface area contributed by atoms with E-state index in [0.29, 0.717) is 18.0 Å². The van der Waals surface area contributed by atoms with Crippen LogP contribution in [0.4, 0.5) is 0 Å². The molecule has 5 saturated carbocycles. The first-order valence-corrected chi connectivity index (χ1v) is 10.2. The maximum Gasteiger partial charge on any atom is 0.237 e. The van der Waals surface area contributed by atoms with E-state index in [1.54, 1.807) is 0 Å². The van der Waals surface area contributed by atoms with Gasteiger partial charge in [-0.1, -0.05) is 19.8 Å².